The first-order valence-electron chi connectivity index (χ1n) is 9.48. The maximum absolute atomic E-state index is 13.5. The number of hydrogen-bond donors (Lipinski definition) is 0. The highest BCUT2D eigenvalue weighted by molar-refractivity contribution is 5.34. The van der Waals surface area contributed by atoms with E-state index in [-0.39, 0.29) is 5.82 Å². The van der Waals surface area contributed by atoms with Gasteiger partial charge in [0.1, 0.15) is 17.3 Å². The van der Waals surface area contributed by atoms with Crippen molar-refractivity contribution in [3.63, 3.8) is 0 Å². The summed E-state index contributed by atoms with van der Waals surface area (Å²) in [5, 5.41) is 0. The molecule has 0 amide bonds. The van der Waals surface area contributed by atoms with Crippen molar-refractivity contribution in [1.82, 2.24) is 9.80 Å². The zero-order valence-electron chi connectivity index (χ0n) is 16.2. The number of nitrogens with zero attached hydrogens (tertiary/aromatic N) is 2. The van der Waals surface area contributed by atoms with E-state index in [4.69, 9.17) is 9.47 Å². The summed E-state index contributed by atoms with van der Waals surface area (Å²) < 4.78 is 24.1. The van der Waals surface area contributed by atoms with E-state index in [1.165, 1.54) is 17.7 Å². The first-order chi connectivity index (χ1) is 13.1. The molecule has 2 aromatic carbocycles. The molecule has 0 aliphatic carbocycles. The van der Waals surface area contributed by atoms with Crippen LogP contribution in [0.4, 0.5) is 4.39 Å². The molecule has 0 radical (unpaired) electrons. The molecule has 0 aromatic heterocycles. The summed E-state index contributed by atoms with van der Waals surface area (Å²) in [7, 11) is 5.53. The van der Waals surface area contributed by atoms with Gasteiger partial charge in [0, 0.05) is 43.9 Å². The molecule has 0 N–H and O–H groups in total. The molecule has 0 spiro atoms. The molecule has 2 saturated heterocycles. The van der Waals surface area contributed by atoms with Gasteiger partial charge >= 0.3 is 0 Å². The Kier molecular flexibility index (Phi) is 5.06. The molecule has 0 unspecified atom stereocenters. The van der Waals surface area contributed by atoms with E-state index < -0.39 is 0 Å². The number of likely N-dealkylation sites (tertiary alicyclic amines) is 2. The molecule has 2 aromatic rings. The highest BCUT2D eigenvalue weighted by atomic mass is 19.1. The van der Waals surface area contributed by atoms with Gasteiger partial charge in [-0.2, -0.15) is 0 Å². The van der Waals surface area contributed by atoms with Crippen LogP contribution in [0.15, 0.2) is 42.5 Å². The number of methoxy groups -OCH3 is 2. The van der Waals surface area contributed by atoms with Crippen LogP contribution < -0.4 is 9.47 Å². The lowest BCUT2D eigenvalue weighted by atomic mass is 9.89. The Bertz CT molecular complexity index is 795. The average molecular weight is 370 g/mol. The van der Waals surface area contributed by atoms with Crippen LogP contribution in [-0.2, 0) is 6.54 Å². The average Bonchev–Trinajstić information content (AvgIpc) is 3.19. The van der Waals surface area contributed by atoms with Gasteiger partial charge in [-0.1, -0.05) is 18.2 Å². The highest BCUT2D eigenvalue weighted by Gasteiger charge is 2.46. The molecule has 4 nitrogen and oxygen atoms in total. The summed E-state index contributed by atoms with van der Waals surface area (Å²) in [6.07, 6.45) is 0. The predicted octanol–water partition coefficient (Wildman–Crippen LogP) is 3.58. The second-order valence-corrected chi connectivity index (χ2v) is 7.73. The van der Waals surface area contributed by atoms with Crippen LogP contribution in [0.2, 0.25) is 0 Å². The second kappa shape index (κ2) is 7.49. The minimum Gasteiger partial charge on any atom is -0.497 e. The number of rotatable bonds is 5. The molecule has 0 saturated carbocycles. The van der Waals surface area contributed by atoms with Gasteiger partial charge in [-0.15, -0.1) is 0 Å². The molecule has 2 heterocycles. The van der Waals surface area contributed by atoms with Gasteiger partial charge in [0.2, 0.25) is 0 Å². The SMILES string of the molecule is COc1ccc([C@@H]2[C@@H]3CN(Cc4ccc(F)cc4OC)C[C@@H]3CN2C)cc1. The lowest BCUT2D eigenvalue weighted by molar-refractivity contribution is 0.223. The quantitative estimate of drug-likeness (QED) is 0.803. The van der Waals surface area contributed by atoms with E-state index in [1.54, 1.807) is 14.2 Å². The molecule has 4 rings (SSSR count). The second-order valence-electron chi connectivity index (χ2n) is 7.73. The third-order valence-electron chi connectivity index (χ3n) is 6.07. The van der Waals surface area contributed by atoms with Crippen LogP contribution in [0.25, 0.3) is 0 Å². The van der Waals surface area contributed by atoms with Gasteiger partial charge < -0.3 is 9.47 Å². The third kappa shape index (κ3) is 3.54. The molecular formula is C22H27FN2O2. The zero-order valence-corrected chi connectivity index (χ0v) is 16.2. The fourth-order valence-electron chi connectivity index (χ4n) is 4.87. The van der Waals surface area contributed by atoms with Crippen molar-refractivity contribution in [2.75, 3.05) is 40.9 Å². The number of fused-ring (bicyclic) bond motifs is 1. The summed E-state index contributed by atoms with van der Waals surface area (Å²) in [5.74, 6) is 2.54. The fourth-order valence-corrected chi connectivity index (χ4v) is 4.87. The van der Waals surface area contributed by atoms with Crippen molar-refractivity contribution in [2.24, 2.45) is 11.8 Å². The van der Waals surface area contributed by atoms with Crippen molar-refractivity contribution in [3.8, 4) is 11.5 Å². The number of hydrogen-bond acceptors (Lipinski definition) is 4. The van der Waals surface area contributed by atoms with E-state index in [0.29, 0.717) is 23.6 Å². The van der Waals surface area contributed by atoms with E-state index >= 15 is 0 Å². The lowest BCUT2D eigenvalue weighted by Crippen LogP contribution is -2.29. The summed E-state index contributed by atoms with van der Waals surface area (Å²) >= 11 is 0. The van der Waals surface area contributed by atoms with Crippen molar-refractivity contribution in [1.29, 1.82) is 0 Å². The van der Waals surface area contributed by atoms with Crippen molar-refractivity contribution in [2.45, 2.75) is 12.6 Å². The molecule has 5 heteroatoms. The molecule has 27 heavy (non-hydrogen) atoms. The first-order valence-corrected chi connectivity index (χ1v) is 9.48. The minimum atomic E-state index is -0.255. The molecule has 144 valence electrons. The van der Waals surface area contributed by atoms with Crippen LogP contribution in [0.1, 0.15) is 17.2 Å². The minimum absolute atomic E-state index is 0.255. The largest absolute Gasteiger partial charge is 0.497 e. The summed E-state index contributed by atoms with van der Waals surface area (Å²) in [6.45, 7) is 4.03. The van der Waals surface area contributed by atoms with Crippen LogP contribution in [0, 0.1) is 17.7 Å². The molecular weight excluding hydrogens is 343 g/mol. The zero-order chi connectivity index (χ0) is 19.0. The molecule has 2 fully saturated rings. The Morgan fingerprint density at radius 2 is 1.78 bits per heavy atom. The fraction of sp³-hybridized carbons (Fsp3) is 0.455. The Hall–Kier alpha value is -2.11. The summed E-state index contributed by atoms with van der Waals surface area (Å²) in [4.78, 5) is 4.96. The number of ether oxygens (including phenoxy) is 2. The maximum atomic E-state index is 13.5. The number of benzene rings is 2. The summed E-state index contributed by atoms with van der Waals surface area (Å²) in [5.41, 5.74) is 2.40. The maximum Gasteiger partial charge on any atom is 0.126 e. The van der Waals surface area contributed by atoms with Gasteiger partial charge in [-0.3, -0.25) is 9.80 Å². The first kappa shape index (κ1) is 18.3. The Labute approximate surface area is 160 Å². The topological polar surface area (TPSA) is 24.9 Å². The van der Waals surface area contributed by atoms with E-state index in [1.807, 2.05) is 18.2 Å². The van der Waals surface area contributed by atoms with E-state index in [0.717, 1.165) is 37.5 Å². The molecule has 3 atom stereocenters. The Morgan fingerprint density at radius 3 is 2.48 bits per heavy atom. The van der Waals surface area contributed by atoms with Crippen molar-refractivity contribution >= 4 is 0 Å². The Morgan fingerprint density at radius 1 is 1.00 bits per heavy atom. The van der Waals surface area contributed by atoms with E-state index in [9.17, 15) is 4.39 Å². The Balaban J connectivity index is 1.49. The van der Waals surface area contributed by atoms with Gasteiger partial charge in [-0.05, 0) is 42.6 Å². The van der Waals surface area contributed by atoms with Crippen LogP contribution in [-0.4, -0.2) is 50.7 Å². The van der Waals surface area contributed by atoms with Gasteiger partial charge in [0.25, 0.3) is 0 Å². The van der Waals surface area contributed by atoms with Gasteiger partial charge in [0.05, 0.1) is 14.2 Å². The molecule has 2 aliphatic rings. The van der Waals surface area contributed by atoms with E-state index in [2.05, 4.69) is 29.0 Å². The lowest BCUT2D eigenvalue weighted by Gasteiger charge is -2.27. The third-order valence-corrected chi connectivity index (χ3v) is 6.07. The molecule has 0 bridgehead atoms. The molecule has 2 aliphatic heterocycles. The van der Waals surface area contributed by atoms with Crippen LogP contribution >= 0.6 is 0 Å². The highest BCUT2D eigenvalue weighted by Crippen LogP contribution is 2.44. The van der Waals surface area contributed by atoms with Crippen molar-refractivity contribution in [3.05, 3.63) is 59.4 Å². The number of halogens is 1. The summed E-state index contributed by atoms with van der Waals surface area (Å²) in [6, 6.07) is 13.7. The monoisotopic (exact) mass is 370 g/mol. The predicted molar refractivity (Wildman–Crippen MR) is 104 cm³/mol. The van der Waals surface area contributed by atoms with Crippen molar-refractivity contribution < 1.29 is 13.9 Å². The van der Waals surface area contributed by atoms with Gasteiger partial charge in [0.15, 0.2) is 0 Å². The van der Waals surface area contributed by atoms with Crippen LogP contribution in [0.5, 0.6) is 11.5 Å². The standard InChI is InChI=1S/C22H27FN2O2/c1-24-11-17-13-25(12-16-4-7-18(23)10-21(16)27-3)14-20(17)22(24)15-5-8-19(26-2)9-6-15/h4-10,17,20,22H,11-14H2,1-3H3/t17-,20+,22+/m0/s1. The normalized spacial score (nSPS) is 25.6. The van der Waals surface area contributed by atoms with Gasteiger partial charge in [-0.25, -0.2) is 4.39 Å². The van der Waals surface area contributed by atoms with Crippen LogP contribution in [0.3, 0.4) is 0 Å². The smallest absolute Gasteiger partial charge is 0.126 e.